The Morgan fingerprint density at radius 1 is 1.35 bits per heavy atom. The Hall–Kier alpha value is -1.68. The van der Waals surface area contributed by atoms with Crippen molar-refractivity contribution in [2.24, 2.45) is 0 Å². The van der Waals surface area contributed by atoms with Crippen molar-refractivity contribution in [2.45, 2.75) is 18.9 Å². The van der Waals surface area contributed by atoms with E-state index in [1.807, 2.05) is 42.3 Å². The fraction of sp³-hybridized carbons (Fsp3) is 0.385. The van der Waals surface area contributed by atoms with Crippen molar-refractivity contribution in [3.05, 3.63) is 30.5 Å². The van der Waals surface area contributed by atoms with Crippen LogP contribution in [0.25, 0.3) is 10.9 Å². The monoisotopic (exact) mass is 229 g/mol. The van der Waals surface area contributed by atoms with Gasteiger partial charge in [0.15, 0.2) is 0 Å². The van der Waals surface area contributed by atoms with Crippen molar-refractivity contribution in [2.75, 3.05) is 18.0 Å². The zero-order valence-corrected chi connectivity index (χ0v) is 9.80. The van der Waals surface area contributed by atoms with Gasteiger partial charge in [0, 0.05) is 11.6 Å². The van der Waals surface area contributed by atoms with Crippen LogP contribution >= 0.6 is 0 Å². The molecule has 0 aliphatic carbocycles. The Labute approximate surface area is 99.9 Å². The van der Waals surface area contributed by atoms with Gasteiger partial charge in [-0.2, -0.15) is 0 Å². The molecule has 4 heteroatoms. The van der Waals surface area contributed by atoms with Crippen LogP contribution in [0.3, 0.4) is 0 Å². The van der Waals surface area contributed by atoms with E-state index in [0.29, 0.717) is 19.0 Å². The third kappa shape index (κ3) is 1.74. The summed E-state index contributed by atoms with van der Waals surface area (Å²) >= 11 is 0. The Bertz CT molecular complexity index is 549. The molecule has 1 aromatic carbocycles. The molecule has 1 saturated heterocycles. The number of benzene rings is 1. The molecule has 1 aromatic heterocycles. The molecule has 2 aromatic rings. The smallest absolute Gasteiger partial charge is 0.226 e. The number of para-hydroxylation sites is 1. The average Bonchev–Trinajstić information content (AvgIpc) is 2.34. The molecule has 3 rings (SSSR count). The van der Waals surface area contributed by atoms with Gasteiger partial charge in [0.2, 0.25) is 5.95 Å². The second-order valence-electron chi connectivity index (χ2n) is 4.66. The number of hydrogen-bond acceptors (Lipinski definition) is 4. The lowest BCUT2D eigenvalue weighted by Crippen LogP contribution is -2.62. The minimum absolute atomic E-state index is 0.547. The van der Waals surface area contributed by atoms with E-state index in [1.165, 1.54) is 0 Å². The molecule has 0 atom stereocenters. The molecule has 0 radical (unpaired) electrons. The zero-order chi connectivity index (χ0) is 11.9. The topological polar surface area (TPSA) is 49.2 Å². The van der Waals surface area contributed by atoms with Gasteiger partial charge in [-0.05, 0) is 12.5 Å². The van der Waals surface area contributed by atoms with E-state index in [-0.39, 0.29) is 0 Å². The van der Waals surface area contributed by atoms with E-state index < -0.39 is 5.60 Å². The number of nitrogens with zero attached hydrogens (tertiary/aromatic N) is 3. The van der Waals surface area contributed by atoms with E-state index >= 15 is 0 Å². The molecular weight excluding hydrogens is 214 g/mol. The van der Waals surface area contributed by atoms with Gasteiger partial charge in [0.1, 0.15) is 0 Å². The minimum Gasteiger partial charge on any atom is -0.386 e. The van der Waals surface area contributed by atoms with Crippen LogP contribution < -0.4 is 4.90 Å². The maximum absolute atomic E-state index is 9.97. The third-order valence-electron chi connectivity index (χ3n) is 3.39. The predicted octanol–water partition coefficient (Wildman–Crippen LogP) is 1.59. The lowest BCUT2D eigenvalue weighted by Gasteiger charge is -2.46. The molecular formula is C13H15N3O. The van der Waals surface area contributed by atoms with Crippen LogP contribution in [0.5, 0.6) is 0 Å². The van der Waals surface area contributed by atoms with Gasteiger partial charge in [0.05, 0.1) is 24.2 Å². The highest BCUT2D eigenvalue weighted by Gasteiger charge is 2.40. The zero-order valence-electron chi connectivity index (χ0n) is 9.80. The van der Waals surface area contributed by atoms with Crippen LogP contribution in [-0.2, 0) is 0 Å². The average molecular weight is 229 g/mol. The molecule has 0 amide bonds. The van der Waals surface area contributed by atoms with Crippen molar-refractivity contribution >= 4 is 16.9 Å². The quantitative estimate of drug-likeness (QED) is 0.849. The third-order valence-corrected chi connectivity index (χ3v) is 3.39. The summed E-state index contributed by atoms with van der Waals surface area (Å²) in [4.78, 5) is 10.8. The summed E-state index contributed by atoms with van der Waals surface area (Å²) in [7, 11) is 0. The summed E-state index contributed by atoms with van der Waals surface area (Å²) in [5.41, 5.74) is 0.402. The van der Waals surface area contributed by atoms with Gasteiger partial charge >= 0.3 is 0 Å². The van der Waals surface area contributed by atoms with Gasteiger partial charge < -0.3 is 10.0 Å². The fourth-order valence-electron chi connectivity index (χ4n) is 2.14. The summed E-state index contributed by atoms with van der Waals surface area (Å²) < 4.78 is 0. The number of aliphatic hydroxyl groups is 1. The Morgan fingerprint density at radius 3 is 2.88 bits per heavy atom. The minimum atomic E-state index is -0.547. The van der Waals surface area contributed by atoms with Crippen molar-refractivity contribution in [3.8, 4) is 0 Å². The first-order chi connectivity index (χ1) is 8.20. The van der Waals surface area contributed by atoms with Crippen LogP contribution in [-0.4, -0.2) is 33.8 Å². The molecule has 17 heavy (non-hydrogen) atoms. The Balaban J connectivity index is 1.88. The molecule has 1 N–H and O–H groups in total. The first-order valence-electron chi connectivity index (χ1n) is 5.89. The van der Waals surface area contributed by atoms with Gasteiger partial charge in [-0.25, -0.2) is 9.97 Å². The molecule has 88 valence electrons. The molecule has 2 heterocycles. The SMILES string of the molecule is CCC1(O)CN(c2ncc3ccccc3n2)C1. The molecule has 1 aliphatic rings. The predicted molar refractivity (Wildman–Crippen MR) is 67.0 cm³/mol. The second-order valence-corrected chi connectivity index (χ2v) is 4.66. The van der Waals surface area contributed by atoms with Crippen molar-refractivity contribution in [3.63, 3.8) is 0 Å². The fourth-order valence-corrected chi connectivity index (χ4v) is 2.14. The van der Waals surface area contributed by atoms with E-state index in [4.69, 9.17) is 0 Å². The van der Waals surface area contributed by atoms with Crippen LogP contribution in [0.4, 0.5) is 5.95 Å². The Kier molecular flexibility index (Phi) is 2.26. The van der Waals surface area contributed by atoms with Crippen molar-refractivity contribution in [1.29, 1.82) is 0 Å². The van der Waals surface area contributed by atoms with Gasteiger partial charge in [0.25, 0.3) is 0 Å². The second kappa shape index (κ2) is 3.67. The number of hydrogen-bond donors (Lipinski definition) is 1. The summed E-state index contributed by atoms with van der Waals surface area (Å²) in [6, 6.07) is 7.92. The normalized spacial score (nSPS) is 18.1. The molecule has 0 spiro atoms. The molecule has 1 aliphatic heterocycles. The van der Waals surface area contributed by atoms with Crippen LogP contribution in [0, 0.1) is 0 Å². The summed E-state index contributed by atoms with van der Waals surface area (Å²) in [5.74, 6) is 0.710. The number of rotatable bonds is 2. The summed E-state index contributed by atoms with van der Waals surface area (Å²) in [6.07, 6.45) is 2.61. The molecule has 0 unspecified atom stereocenters. The first-order valence-corrected chi connectivity index (χ1v) is 5.89. The number of aromatic nitrogens is 2. The Morgan fingerprint density at radius 2 is 2.12 bits per heavy atom. The van der Waals surface area contributed by atoms with Crippen LogP contribution in [0.1, 0.15) is 13.3 Å². The number of anilines is 1. The number of fused-ring (bicyclic) bond motifs is 1. The maximum Gasteiger partial charge on any atom is 0.226 e. The van der Waals surface area contributed by atoms with Crippen molar-refractivity contribution < 1.29 is 5.11 Å². The lowest BCUT2D eigenvalue weighted by molar-refractivity contribution is 0.00760. The molecule has 4 nitrogen and oxygen atoms in total. The molecule has 1 fully saturated rings. The lowest BCUT2D eigenvalue weighted by atomic mass is 9.92. The van der Waals surface area contributed by atoms with Gasteiger partial charge in [-0.15, -0.1) is 0 Å². The summed E-state index contributed by atoms with van der Waals surface area (Å²) in [5, 5.41) is 11.0. The largest absolute Gasteiger partial charge is 0.386 e. The van der Waals surface area contributed by atoms with Crippen LogP contribution in [0.15, 0.2) is 30.5 Å². The maximum atomic E-state index is 9.97. The van der Waals surface area contributed by atoms with E-state index in [1.54, 1.807) is 0 Å². The molecule has 0 saturated carbocycles. The highest BCUT2D eigenvalue weighted by Crippen LogP contribution is 2.28. The number of β-amino-alcohol motifs (C(OH)–C–C–N with tert-alkyl or cyclic N) is 1. The van der Waals surface area contributed by atoms with Crippen molar-refractivity contribution in [1.82, 2.24) is 9.97 Å². The highest BCUT2D eigenvalue weighted by molar-refractivity contribution is 5.78. The standard InChI is InChI=1S/C13H15N3O/c1-2-13(17)8-16(9-13)12-14-7-10-5-3-4-6-11(10)15-12/h3-7,17H,2,8-9H2,1H3. The van der Waals surface area contributed by atoms with Gasteiger partial charge in [-0.1, -0.05) is 25.1 Å². The highest BCUT2D eigenvalue weighted by atomic mass is 16.3. The molecule has 0 bridgehead atoms. The van der Waals surface area contributed by atoms with Gasteiger partial charge in [-0.3, -0.25) is 0 Å². The van der Waals surface area contributed by atoms with Crippen LogP contribution in [0.2, 0.25) is 0 Å². The van der Waals surface area contributed by atoms with E-state index in [2.05, 4.69) is 9.97 Å². The van der Waals surface area contributed by atoms with E-state index in [9.17, 15) is 5.11 Å². The van der Waals surface area contributed by atoms with E-state index in [0.717, 1.165) is 17.3 Å². The summed E-state index contributed by atoms with van der Waals surface area (Å²) in [6.45, 7) is 3.25. The first kappa shape index (κ1) is 10.5.